The van der Waals surface area contributed by atoms with Gasteiger partial charge in [-0.1, -0.05) is 44.2 Å². The quantitative estimate of drug-likeness (QED) is 0.526. The van der Waals surface area contributed by atoms with Gasteiger partial charge >= 0.3 is 12.4 Å². The summed E-state index contributed by atoms with van der Waals surface area (Å²) in [7, 11) is 0. The van der Waals surface area contributed by atoms with E-state index in [9.17, 15) is 31.4 Å². The van der Waals surface area contributed by atoms with E-state index in [0.717, 1.165) is 0 Å². The number of alkyl halides is 6. The van der Waals surface area contributed by atoms with Crippen LogP contribution in [0.3, 0.4) is 0 Å². The molecule has 1 N–H and O–H groups in total. The smallest absolute Gasteiger partial charge is 0.371 e. The minimum Gasteiger partial charge on any atom is -0.371 e. The lowest BCUT2D eigenvalue weighted by atomic mass is 9.80. The Morgan fingerprint density at radius 1 is 1.00 bits per heavy atom. The summed E-state index contributed by atoms with van der Waals surface area (Å²) in [6.07, 6.45) is -11.8. The van der Waals surface area contributed by atoms with Crippen molar-refractivity contribution in [1.82, 2.24) is 0 Å². The second kappa shape index (κ2) is 7.71. The maximum atomic E-state index is 13.4. The molecule has 1 aromatic carbocycles. The number of halogens is 6. The summed E-state index contributed by atoms with van der Waals surface area (Å²) in [6, 6.07) is 6.58. The Hall–Kier alpha value is -1.54. The molecule has 0 saturated carbocycles. The molecule has 0 bridgehead atoms. The Morgan fingerprint density at radius 3 is 1.82 bits per heavy atom. The van der Waals surface area contributed by atoms with Crippen LogP contribution in [0.15, 0.2) is 30.8 Å². The third-order valence-electron chi connectivity index (χ3n) is 5.17. The van der Waals surface area contributed by atoms with Gasteiger partial charge in [0.1, 0.15) is 5.60 Å². The summed E-state index contributed by atoms with van der Waals surface area (Å²) in [4.78, 5) is 0. The van der Waals surface area contributed by atoms with Crippen LogP contribution in [0.5, 0.6) is 0 Å². The van der Waals surface area contributed by atoms with Gasteiger partial charge in [-0.15, -0.1) is 0 Å². The van der Waals surface area contributed by atoms with E-state index in [2.05, 4.69) is 6.58 Å². The molecule has 0 spiro atoms. The molecule has 0 amide bonds. The molecule has 1 rings (SSSR count). The fourth-order valence-electron chi connectivity index (χ4n) is 3.34. The first-order chi connectivity index (χ1) is 12.5. The zero-order valence-electron chi connectivity index (χ0n) is 16.6. The Kier molecular flexibility index (Phi) is 6.74. The van der Waals surface area contributed by atoms with Gasteiger partial charge in [0.2, 0.25) is 0 Å². The van der Waals surface area contributed by atoms with Crippen LogP contribution in [0.4, 0.5) is 26.3 Å². The molecule has 0 aliphatic carbocycles. The van der Waals surface area contributed by atoms with Gasteiger partial charge in [-0.2, -0.15) is 26.3 Å². The van der Waals surface area contributed by atoms with Crippen LogP contribution < -0.4 is 0 Å². The predicted molar refractivity (Wildman–Crippen MR) is 95.6 cm³/mol. The van der Waals surface area contributed by atoms with E-state index in [1.54, 1.807) is 45.0 Å². The van der Waals surface area contributed by atoms with E-state index in [4.69, 9.17) is 4.74 Å². The third-order valence-corrected chi connectivity index (χ3v) is 5.17. The van der Waals surface area contributed by atoms with Crippen molar-refractivity contribution in [2.75, 3.05) is 0 Å². The molecule has 0 aromatic heterocycles. The fourth-order valence-corrected chi connectivity index (χ4v) is 3.34. The molecular weight excluding hydrogens is 386 g/mol. The van der Waals surface area contributed by atoms with Gasteiger partial charge < -0.3 is 9.84 Å². The summed E-state index contributed by atoms with van der Waals surface area (Å²) in [5, 5.41) is 9.87. The van der Waals surface area contributed by atoms with Crippen molar-refractivity contribution in [2.45, 2.75) is 76.6 Å². The number of rotatable bonds is 7. The van der Waals surface area contributed by atoms with Crippen molar-refractivity contribution in [1.29, 1.82) is 0 Å². The Morgan fingerprint density at radius 2 is 1.46 bits per heavy atom. The standard InChI is InChI=1S/C20H26F6O2/c1-7-17(8-2,15-11-9-10-14(12-15)13(3)4)28-16(5,6)18(27,19(21,22)23)20(24,25)26/h9-12,27H,3,7-8H2,1-2,4-6H3. The average Bonchev–Trinajstić information content (AvgIpc) is 2.57. The summed E-state index contributed by atoms with van der Waals surface area (Å²) in [5.74, 6) is 0. The van der Waals surface area contributed by atoms with Crippen LogP contribution in [0.25, 0.3) is 5.57 Å². The summed E-state index contributed by atoms with van der Waals surface area (Å²) < 4.78 is 85.9. The van der Waals surface area contributed by atoms with Crippen molar-refractivity contribution < 1.29 is 36.2 Å². The second-order valence-corrected chi connectivity index (χ2v) is 7.38. The normalized spacial score (nSPS) is 14.3. The Bertz CT molecular complexity index is 685. The molecule has 0 fully saturated rings. The molecule has 28 heavy (non-hydrogen) atoms. The van der Waals surface area contributed by atoms with Crippen molar-refractivity contribution in [3.8, 4) is 0 Å². The third kappa shape index (κ3) is 4.08. The van der Waals surface area contributed by atoms with E-state index in [1.165, 1.54) is 0 Å². The molecule has 0 saturated heterocycles. The molecule has 0 heterocycles. The van der Waals surface area contributed by atoms with Crippen LogP contribution >= 0.6 is 0 Å². The highest BCUT2D eigenvalue weighted by Gasteiger charge is 2.78. The molecule has 1 aromatic rings. The first kappa shape index (κ1) is 24.5. The monoisotopic (exact) mass is 412 g/mol. The zero-order chi connectivity index (χ0) is 22.2. The SMILES string of the molecule is C=C(C)c1cccc(C(CC)(CC)OC(C)(C)C(O)(C(F)(F)F)C(F)(F)F)c1. The lowest BCUT2D eigenvalue weighted by molar-refractivity contribution is -0.422. The van der Waals surface area contributed by atoms with E-state index in [1.807, 2.05) is 0 Å². The molecule has 2 nitrogen and oxygen atoms in total. The highest BCUT2D eigenvalue weighted by molar-refractivity contribution is 5.62. The Balaban J connectivity index is 3.60. The maximum absolute atomic E-state index is 13.4. The summed E-state index contributed by atoms with van der Waals surface area (Å²) >= 11 is 0. The average molecular weight is 412 g/mol. The van der Waals surface area contributed by atoms with Gasteiger partial charge in [0.05, 0.1) is 5.60 Å². The first-order valence-corrected chi connectivity index (χ1v) is 8.81. The number of ether oxygens (including phenoxy) is 1. The maximum Gasteiger partial charge on any atom is 0.429 e. The molecule has 160 valence electrons. The molecule has 8 heteroatoms. The van der Waals surface area contributed by atoms with Gasteiger partial charge in [0.25, 0.3) is 5.60 Å². The van der Waals surface area contributed by atoms with Crippen LogP contribution in [0.1, 0.15) is 58.6 Å². The highest BCUT2D eigenvalue weighted by atomic mass is 19.4. The predicted octanol–water partition coefficient (Wildman–Crippen LogP) is 6.39. The van der Waals surface area contributed by atoms with E-state index in [0.29, 0.717) is 30.5 Å². The zero-order valence-corrected chi connectivity index (χ0v) is 16.6. The van der Waals surface area contributed by atoms with Crippen LogP contribution in [-0.2, 0) is 10.3 Å². The van der Waals surface area contributed by atoms with E-state index in [-0.39, 0.29) is 12.8 Å². The van der Waals surface area contributed by atoms with Crippen molar-refractivity contribution in [2.24, 2.45) is 0 Å². The fraction of sp³-hybridized carbons (Fsp3) is 0.600. The van der Waals surface area contributed by atoms with Crippen molar-refractivity contribution in [3.63, 3.8) is 0 Å². The molecule has 0 atom stereocenters. The first-order valence-electron chi connectivity index (χ1n) is 8.81. The molecule has 0 radical (unpaired) electrons. The molecule has 0 aliphatic heterocycles. The lowest BCUT2D eigenvalue weighted by Crippen LogP contribution is -2.70. The summed E-state index contributed by atoms with van der Waals surface area (Å²) in [6.45, 7) is 9.96. The number of hydrogen-bond acceptors (Lipinski definition) is 2. The highest BCUT2D eigenvalue weighted by Crippen LogP contribution is 2.53. The van der Waals surface area contributed by atoms with Crippen LogP contribution in [-0.4, -0.2) is 28.7 Å². The van der Waals surface area contributed by atoms with Gasteiger partial charge in [0.15, 0.2) is 0 Å². The lowest BCUT2D eigenvalue weighted by Gasteiger charge is -2.49. The minimum absolute atomic E-state index is 0.0956. The Labute approximate surface area is 161 Å². The van der Waals surface area contributed by atoms with Crippen LogP contribution in [0.2, 0.25) is 0 Å². The minimum atomic E-state index is -5.98. The molecule has 0 aliphatic rings. The summed E-state index contributed by atoms with van der Waals surface area (Å²) in [5.41, 5.74) is -7.75. The van der Waals surface area contributed by atoms with E-state index >= 15 is 0 Å². The number of hydrogen-bond donors (Lipinski definition) is 1. The number of aliphatic hydroxyl groups is 1. The van der Waals surface area contributed by atoms with Crippen molar-refractivity contribution in [3.05, 3.63) is 42.0 Å². The largest absolute Gasteiger partial charge is 0.429 e. The molecular formula is C20H26F6O2. The van der Waals surface area contributed by atoms with Gasteiger partial charge in [-0.3, -0.25) is 0 Å². The van der Waals surface area contributed by atoms with Crippen molar-refractivity contribution >= 4 is 5.57 Å². The van der Waals surface area contributed by atoms with Crippen LogP contribution in [0, 0.1) is 0 Å². The van der Waals surface area contributed by atoms with Gasteiger partial charge in [-0.25, -0.2) is 0 Å². The van der Waals surface area contributed by atoms with E-state index < -0.39 is 29.2 Å². The van der Waals surface area contributed by atoms with Gasteiger partial charge in [-0.05, 0) is 50.8 Å². The number of allylic oxidation sites excluding steroid dienone is 1. The topological polar surface area (TPSA) is 29.5 Å². The number of benzene rings is 1. The second-order valence-electron chi connectivity index (χ2n) is 7.38. The van der Waals surface area contributed by atoms with Gasteiger partial charge in [0, 0.05) is 0 Å². The molecule has 0 unspecified atom stereocenters.